The molecule has 2 aliphatic rings. The molecule has 1 fully saturated rings. The molecule has 5 heteroatoms. The lowest BCUT2D eigenvalue weighted by atomic mass is 10.00. The van der Waals surface area contributed by atoms with E-state index in [1.807, 2.05) is 48.3 Å². The summed E-state index contributed by atoms with van der Waals surface area (Å²) in [5.41, 5.74) is 6.16. The quantitative estimate of drug-likeness (QED) is 0.496. The van der Waals surface area contributed by atoms with E-state index < -0.39 is 0 Å². The number of fused-ring (bicyclic) bond motifs is 1. The molecule has 3 aromatic rings. The van der Waals surface area contributed by atoms with E-state index in [-0.39, 0.29) is 11.8 Å². The largest absolute Gasteiger partial charge is 0.337 e. The summed E-state index contributed by atoms with van der Waals surface area (Å²) in [7, 11) is 1.81. The van der Waals surface area contributed by atoms with Crippen LogP contribution in [-0.2, 0) is 17.8 Å². The molecule has 2 amide bonds. The van der Waals surface area contributed by atoms with Gasteiger partial charge in [0.1, 0.15) is 0 Å². The van der Waals surface area contributed by atoms with Crippen molar-refractivity contribution in [2.24, 2.45) is 5.92 Å². The monoisotopic (exact) mass is 453 g/mol. The van der Waals surface area contributed by atoms with Gasteiger partial charge >= 0.3 is 0 Å². The highest BCUT2D eigenvalue weighted by Crippen LogP contribution is 2.35. The van der Waals surface area contributed by atoms with Crippen LogP contribution in [0.5, 0.6) is 0 Å². The molecule has 5 rings (SSSR count). The van der Waals surface area contributed by atoms with Gasteiger partial charge in [0.2, 0.25) is 5.91 Å². The lowest BCUT2D eigenvalue weighted by molar-refractivity contribution is -0.119. The minimum absolute atomic E-state index is 0.0132. The number of rotatable bonds is 6. The SMILES string of the molecule is CN(Cc1cccnc1)C(=O)c1ccc(-c2ccc3c(c2)CCN3C(=O)CC2CCCC2)cc1. The number of hydrogen-bond donors (Lipinski definition) is 0. The van der Waals surface area contributed by atoms with E-state index in [9.17, 15) is 9.59 Å². The average Bonchev–Trinajstić information content (AvgIpc) is 3.53. The molecule has 174 valence electrons. The molecule has 2 heterocycles. The van der Waals surface area contributed by atoms with E-state index in [1.165, 1.54) is 31.2 Å². The van der Waals surface area contributed by atoms with Crippen molar-refractivity contribution in [3.05, 3.63) is 83.7 Å². The van der Waals surface area contributed by atoms with Crippen LogP contribution in [0.25, 0.3) is 11.1 Å². The van der Waals surface area contributed by atoms with E-state index in [0.29, 0.717) is 24.4 Å². The third-order valence-electron chi connectivity index (χ3n) is 7.17. The Morgan fingerprint density at radius 3 is 2.53 bits per heavy atom. The smallest absolute Gasteiger partial charge is 0.253 e. The van der Waals surface area contributed by atoms with E-state index in [1.54, 1.807) is 17.3 Å². The highest BCUT2D eigenvalue weighted by molar-refractivity contribution is 5.96. The molecular weight excluding hydrogens is 422 g/mol. The van der Waals surface area contributed by atoms with Crippen LogP contribution < -0.4 is 4.90 Å². The number of nitrogens with zero attached hydrogens (tertiary/aromatic N) is 3. The Morgan fingerprint density at radius 1 is 1.03 bits per heavy atom. The standard InChI is InChI=1S/C29H31N3O2/c1-31(20-22-7-4-15-30-19-22)29(34)24-10-8-23(9-11-24)25-12-13-27-26(18-25)14-16-32(27)28(33)17-21-5-2-3-6-21/h4,7-13,15,18-19,21H,2-3,5-6,14,16-17,20H2,1H3. The van der Waals surface area contributed by atoms with Crippen molar-refractivity contribution < 1.29 is 9.59 Å². The summed E-state index contributed by atoms with van der Waals surface area (Å²) in [6.45, 7) is 1.30. The minimum Gasteiger partial charge on any atom is -0.337 e. The van der Waals surface area contributed by atoms with Gasteiger partial charge in [-0.15, -0.1) is 0 Å². The van der Waals surface area contributed by atoms with Crippen molar-refractivity contribution in [1.82, 2.24) is 9.88 Å². The van der Waals surface area contributed by atoms with E-state index in [0.717, 1.165) is 35.3 Å². The number of benzene rings is 2. The first-order valence-electron chi connectivity index (χ1n) is 12.3. The van der Waals surface area contributed by atoms with Crippen molar-refractivity contribution in [3.63, 3.8) is 0 Å². The molecular formula is C29H31N3O2. The van der Waals surface area contributed by atoms with Crippen LogP contribution in [-0.4, -0.2) is 35.3 Å². The zero-order valence-corrected chi connectivity index (χ0v) is 19.7. The van der Waals surface area contributed by atoms with Crippen LogP contribution in [0.1, 0.15) is 53.6 Å². The first-order valence-corrected chi connectivity index (χ1v) is 12.3. The number of hydrogen-bond acceptors (Lipinski definition) is 3. The van der Waals surface area contributed by atoms with Gasteiger partial charge in [0.05, 0.1) is 0 Å². The van der Waals surface area contributed by atoms with Crippen LogP contribution in [0, 0.1) is 5.92 Å². The highest BCUT2D eigenvalue weighted by Gasteiger charge is 2.28. The summed E-state index contributed by atoms with van der Waals surface area (Å²) >= 11 is 0. The van der Waals surface area contributed by atoms with Crippen molar-refractivity contribution in [3.8, 4) is 11.1 Å². The Labute approximate surface area is 201 Å². The second kappa shape index (κ2) is 9.80. The Hall–Kier alpha value is -3.47. The molecule has 1 aliphatic heterocycles. The molecule has 0 saturated heterocycles. The highest BCUT2D eigenvalue weighted by atomic mass is 16.2. The van der Waals surface area contributed by atoms with Gasteiger partial charge in [0.15, 0.2) is 0 Å². The van der Waals surface area contributed by atoms with Gasteiger partial charge < -0.3 is 9.80 Å². The summed E-state index contributed by atoms with van der Waals surface area (Å²) in [5.74, 6) is 0.831. The van der Waals surface area contributed by atoms with Gasteiger partial charge in [0, 0.05) is 50.2 Å². The maximum Gasteiger partial charge on any atom is 0.253 e. The lowest BCUT2D eigenvalue weighted by Crippen LogP contribution is -2.30. The Balaban J connectivity index is 1.26. The second-order valence-corrected chi connectivity index (χ2v) is 9.59. The van der Waals surface area contributed by atoms with Gasteiger partial charge in [-0.05, 0) is 77.8 Å². The predicted octanol–water partition coefficient (Wildman–Crippen LogP) is 5.49. The van der Waals surface area contributed by atoms with Crippen LogP contribution in [0.2, 0.25) is 0 Å². The molecule has 2 aromatic carbocycles. The fourth-order valence-corrected chi connectivity index (χ4v) is 5.27. The van der Waals surface area contributed by atoms with Gasteiger partial charge in [0.25, 0.3) is 5.91 Å². The molecule has 1 saturated carbocycles. The fourth-order valence-electron chi connectivity index (χ4n) is 5.27. The lowest BCUT2D eigenvalue weighted by Gasteiger charge is -2.20. The van der Waals surface area contributed by atoms with Crippen molar-refractivity contribution in [2.45, 2.75) is 45.1 Å². The fraction of sp³-hybridized carbons (Fsp3) is 0.345. The number of anilines is 1. The van der Waals surface area contributed by atoms with Crippen LogP contribution >= 0.6 is 0 Å². The molecule has 5 nitrogen and oxygen atoms in total. The third kappa shape index (κ3) is 4.74. The van der Waals surface area contributed by atoms with Crippen molar-refractivity contribution in [1.29, 1.82) is 0 Å². The molecule has 0 radical (unpaired) electrons. The van der Waals surface area contributed by atoms with Gasteiger partial charge in [-0.1, -0.05) is 37.1 Å². The van der Waals surface area contributed by atoms with Gasteiger partial charge in [-0.3, -0.25) is 14.6 Å². The van der Waals surface area contributed by atoms with E-state index >= 15 is 0 Å². The summed E-state index contributed by atoms with van der Waals surface area (Å²) < 4.78 is 0. The number of carbonyl (C=O) groups excluding carboxylic acids is 2. The van der Waals surface area contributed by atoms with Gasteiger partial charge in [-0.25, -0.2) is 0 Å². The topological polar surface area (TPSA) is 53.5 Å². The summed E-state index contributed by atoms with van der Waals surface area (Å²) in [5, 5.41) is 0. The number of pyridine rings is 1. The molecule has 0 N–H and O–H groups in total. The first kappa shape index (κ1) is 22.3. The molecule has 0 spiro atoms. The minimum atomic E-state index is -0.0132. The van der Waals surface area contributed by atoms with Crippen LogP contribution in [0.4, 0.5) is 5.69 Å². The second-order valence-electron chi connectivity index (χ2n) is 9.59. The molecule has 0 bridgehead atoms. The van der Waals surface area contributed by atoms with Crippen molar-refractivity contribution in [2.75, 3.05) is 18.5 Å². The first-order chi connectivity index (χ1) is 16.6. The van der Waals surface area contributed by atoms with Crippen LogP contribution in [0.15, 0.2) is 67.0 Å². The Bertz CT molecular complexity index is 1170. The van der Waals surface area contributed by atoms with Gasteiger partial charge in [-0.2, -0.15) is 0 Å². The van der Waals surface area contributed by atoms with Crippen LogP contribution in [0.3, 0.4) is 0 Å². The van der Waals surface area contributed by atoms with E-state index in [4.69, 9.17) is 0 Å². The van der Waals surface area contributed by atoms with Crippen molar-refractivity contribution >= 4 is 17.5 Å². The number of aromatic nitrogens is 1. The number of carbonyl (C=O) groups is 2. The summed E-state index contributed by atoms with van der Waals surface area (Å²) in [4.78, 5) is 33.5. The Kier molecular flexibility index (Phi) is 6.43. The molecule has 0 unspecified atom stereocenters. The number of amides is 2. The zero-order chi connectivity index (χ0) is 23.5. The maximum atomic E-state index is 12.9. The Morgan fingerprint density at radius 2 is 1.79 bits per heavy atom. The molecule has 1 aliphatic carbocycles. The molecule has 34 heavy (non-hydrogen) atoms. The maximum absolute atomic E-state index is 12.9. The predicted molar refractivity (Wildman–Crippen MR) is 135 cm³/mol. The van der Waals surface area contributed by atoms with E-state index in [2.05, 4.69) is 23.2 Å². The summed E-state index contributed by atoms with van der Waals surface area (Å²) in [6.07, 6.45) is 10.0. The third-order valence-corrected chi connectivity index (χ3v) is 7.17. The molecule has 0 atom stereocenters. The average molecular weight is 454 g/mol. The molecule has 1 aromatic heterocycles. The normalized spacial score (nSPS) is 15.4. The zero-order valence-electron chi connectivity index (χ0n) is 19.7. The summed E-state index contributed by atoms with van der Waals surface area (Å²) in [6, 6.07) is 18.0.